The lowest BCUT2D eigenvalue weighted by atomic mass is 9.96. The zero-order chi connectivity index (χ0) is 37.5. The highest BCUT2D eigenvalue weighted by Gasteiger charge is 2.39. The molecule has 0 bridgehead atoms. The molecule has 2 aliphatic rings. The summed E-state index contributed by atoms with van der Waals surface area (Å²) < 4.78 is 59.7. The van der Waals surface area contributed by atoms with Gasteiger partial charge >= 0.3 is 12.2 Å². The molecule has 4 aromatic rings. The summed E-state index contributed by atoms with van der Waals surface area (Å²) in [6.45, 7) is 9.74. The molecule has 6 rings (SSSR count). The fraction of sp³-hybridized carbons (Fsp3) is 0.432. The maximum atomic E-state index is 14.0. The van der Waals surface area contributed by atoms with Crippen LogP contribution in [0.5, 0.6) is 0 Å². The second kappa shape index (κ2) is 14.1. The second-order valence-electron chi connectivity index (χ2n) is 14.8. The van der Waals surface area contributed by atoms with Gasteiger partial charge in [0.15, 0.2) is 0 Å². The number of carbonyl (C=O) groups excluding carboxylic acids is 3. The smallest absolute Gasteiger partial charge is 0.417 e. The molecule has 1 N–H and O–H groups in total. The van der Waals surface area contributed by atoms with E-state index in [1.807, 2.05) is 0 Å². The van der Waals surface area contributed by atoms with Crippen molar-refractivity contribution in [1.29, 1.82) is 0 Å². The van der Waals surface area contributed by atoms with Crippen LogP contribution in [0.3, 0.4) is 0 Å². The Bertz CT molecular complexity index is 2020. The summed E-state index contributed by atoms with van der Waals surface area (Å²) in [6, 6.07) is 9.51. The SMILES string of the molecule is CC(C)(C)OC(=O)N(Cc1nc(Nc2ccc(-c3cnc4cc(F)ccn34)c3c2C(=O)N(C(=O)OC(C)(C)C)C3)ccc1[C@@H]1CCOC1)CC(F)F. The first kappa shape index (κ1) is 36.6. The lowest BCUT2D eigenvalue weighted by molar-refractivity contribution is 0.00777. The zero-order valence-electron chi connectivity index (χ0n) is 29.8. The number of nitrogens with zero attached hydrogens (tertiary/aromatic N) is 5. The molecule has 12 nitrogen and oxygen atoms in total. The van der Waals surface area contributed by atoms with Crippen LogP contribution in [0.2, 0.25) is 0 Å². The van der Waals surface area contributed by atoms with Crippen LogP contribution in [0.15, 0.2) is 48.8 Å². The summed E-state index contributed by atoms with van der Waals surface area (Å²) in [5.41, 5.74) is 1.84. The molecular formula is C37H41F3N6O6. The lowest BCUT2D eigenvalue weighted by Gasteiger charge is -2.28. The van der Waals surface area contributed by atoms with Gasteiger partial charge in [-0.25, -0.2) is 37.6 Å². The Morgan fingerprint density at radius 3 is 2.50 bits per heavy atom. The third-order valence-corrected chi connectivity index (χ3v) is 8.45. The lowest BCUT2D eigenvalue weighted by Crippen LogP contribution is -2.39. The van der Waals surface area contributed by atoms with Crippen molar-refractivity contribution in [3.8, 4) is 11.3 Å². The Hall–Kier alpha value is -5.18. The largest absolute Gasteiger partial charge is 0.444 e. The summed E-state index contributed by atoms with van der Waals surface area (Å²) in [5, 5.41) is 3.20. The van der Waals surface area contributed by atoms with Crippen LogP contribution in [-0.4, -0.2) is 79.6 Å². The quantitative estimate of drug-likeness (QED) is 0.195. The van der Waals surface area contributed by atoms with Crippen LogP contribution >= 0.6 is 0 Å². The Kier molecular flexibility index (Phi) is 9.92. The van der Waals surface area contributed by atoms with Crippen molar-refractivity contribution < 1.29 is 41.8 Å². The van der Waals surface area contributed by atoms with E-state index in [0.717, 1.165) is 15.4 Å². The first-order valence-electron chi connectivity index (χ1n) is 16.9. The number of anilines is 2. The number of hydrogen-bond acceptors (Lipinski definition) is 9. The van der Waals surface area contributed by atoms with Gasteiger partial charge in [0.25, 0.3) is 12.3 Å². The first-order chi connectivity index (χ1) is 24.5. The fourth-order valence-electron chi connectivity index (χ4n) is 6.26. The van der Waals surface area contributed by atoms with Crippen molar-refractivity contribution in [3.05, 3.63) is 77.0 Å². The molecule has 276 valence electrons. The van der Waals surface area contributed by atoms with Gasteiger partial charge < -0.3 is 19.5 Å². The van der Waals surface area contributed by atoms with Gasteiger partial charge in [-0.05, 0) is 77.3 Å². The van der Waals surface area contributed by atoms with E-state index in [4.69, 9.17) is 19.2 Å². The molecular weight excluding hydrogens is 681 g/mol. The predicted octanol–water partition coefficient (Wildman–Crippen LogP) is 7.68. The number of benzene rings is 1. The summed E-state index contributed by atoms with van der Waals surface area (Å²) in [4.78, 5) is 51.4. The Morgan fingerprint density at radius 1 is 1.08 bits per heavy atom. The number of aromatic nitrogens is 3. The van der Waals surface area contributed by atoms with Crippen molar-refractivity contribution in [3.63, 3.8) is 0 Å². The molecule has 3 amide bonds. The average molecular weight is 723 g/mol. The molecule has 1 atom stereocenters. The molecule has 0 spiro atoms. The van der Waals surface area contributed by atoms with Gasteiger partial charge in [-0.2, -0.15) is 0 Å². The molecule has 0 radical (unpaired) electrons. The zero-order valence-corrected chi connectivity index (χ0v) is 29.8. The molecule has 2 aliphatic heterocycles. The van der Waals surface area contributed by atoms with Crippen LogP contribution in [0, 0.1) is 5.82 Å². The van der Waals surface area contributed by atoms with Crippen molar-refractivity contribution in [2.45, 2.75) is 84.6 Å². The molecule has 15 heteroatoms. The number of imidazole rings is 1. The number of imide groups is 1. The molecule has 1 aromatic carbocycles. The standard InChI is InChI=1S/C37H41F3N6O6/c1-36(2,3)51-34(48)44(19-29(39)40)18-27-23(21-12-14-50-20-21)8-10-30(43-27)42-26-9-7-24(28-16-41-31-15-22(38)11-13-45(28)31)25-17-46(33(47)32(25)26)35(49)52-37(4,5)6/h7-11,13,15-16,21,29H,12,14,17-20H2,1-6H3,(H,42,43)/t21-/m1/s1. The topological polar surface area (TPSA) is 128 Å². The fourth-order valence-corrected chi connectivity index (χ4v) is 6.26. The van der Waals surface area contributed by atoms with Crippen LogP contribution in [-0.2, 0) is 27.3 Å². The van der Waals surface area contributed by atoms with Gasteiger partial charge in [0, 0.05) is 30.4 Å². The maximum Gasteiger partial charge on any atom is 0.417 e. The molecule has 0 saturated carbocycles. The Balaban J connectivity index is 1.41. The highest BCUT2D eigenvalue weighted by Crippen LogP contribution is 2.39. The number of ether oxygens (including phenoxy) is 3. The Morgan fingerprint density at radius 2 is 1.83 bits per heavy atom. The minimum absolute atomic E-state index is 0.0740. The van der Waals surface area contributed by atoms with Gasteiger partial charge in [0.1, 0.15) is 28.5 Å². The number of halogens is 3. The summed E-state index contributed by atoms with van der Waals surface area (Å²) >= 11 is 0. The maximum absolute atomic E-state index is 14.0. The van der Waals surface area contributed by atoms with E-state index >= 15 is 0 Å². The van der Waals surface area contributed by atoms with E-state index in [9.17, 15) is 27.6 Å². The number of hydrogen-bond donors (Lipinski definition) is 1. The van der Waals surface area contributed by atoms with Crippen LogP contribution in [0.25, 0.3) is 16.9 Å². The van der Waals surface area contributed by atoms with Crippen molar-refractivity contribution in [1.82, 2.24) is 24.2 Å². The van der Waals surface area contributed by atoms with Crippen LogP contribution in [0.1, 0.15) is 81.1 Å². The molecule has 0 unspecified atom stereocenters. The minimum Gasteiger partial charge on any atom is -0.444 e. The number of carbonyl (C=O) groups is 3. The van der Waals surface area contributed by atoms with Gasteiger partial charge in [0.2, 0.25) is 0 Å². The van der Waals surface area contributed by atoms with Gasteiger partial charge in [-0.15, -0.1) is 0 Å². The van der Waals surface area contributed by atoms with Crippen LogP contribution in [0.4, 0.5) is 34.3 Å². The van der Waals surface area contributed by atoms with E-state index in [1.54, 1.807) is 76.4 Å². The van der Waals surface area contributed by atoms with E-state index in [1.165, 1.54) is 18.3 Å². The minimum atomic E-state index is -2.82. The number of pyridine rings is 2. The van der Waals surface area contributed by atoms with Crippen molar-refractivity contribution >= 4 is 35.2 Å². The number of rotatable bonds is 8. The third-order valence-electron chi connectivity index (χ3n) is 8.45. The highest BCUT2D eigenvalue weighted by atomic mass is 19.3. The molecule has 0 aliphatic carbocycles. The molecule has 52 heavy (non-hydrogen) atoms. The van der Waals surface area contributed by atoms with Gasteiger partial charge in [0.05, 0.1) is 55.1 Å². The summed E-state index contributed by atoms with van der Waals surface area (Å²) in [6.07, 6.45) is -0.770. The van der Waals surface area contributed by atoms with E-state index in [0.29, 0.717) is 53.5 Å². The second-order valence-corrected chi connectivity index (χ2v) is 14.8. The molecule has 1 fully saturated rings. The van der Waals surface area contributed by atoms with E-state index in [-0.39, 0.29) is 30.4 Å². The molecule has 1 saturated heterocycles. The van der Waals surface area contributed by atoms with E-state index in [2.05, 4.69) is 10.3 Å². The van der Waals surface area contributed by atoms with Gasteiger partial charge in [-0.3, -0.25) is 14.1 Å². The predicted molar refractivity (Wildman–Crippen MR) is 185 cm³/mol. The monoisotopic (exact) mass is 722 g/mol. The number of fused-ring (bicyclic) bond motifs is 2. The van der Waals surface area contributed by atoms with Crippen LogP contribution < -0.4 is 5.32 Å². The average Bonchev–Trinajstić information content (AvgIpc) is 3.79. The Labute approximate surface area is 298 Å². The number of alkyl halides is 2. The normalized spacial score (nSPS) is 16.1. The first-order valence-corrected chi connectivity index (χ1v) is 16.9. The number of nitrogens with one attached hydrogen (secondary N) is 1. The van der Waals surface area contributed by atoms with Gasteiger partial charge in [-0.1, -0.05) is 12.1 Å². The number of amides is 3. The van der Waals surface area contributed by atoms with Crippen molar-refractivity contribution in [2.24, 2.45) is 0 Å². The molecule has 3 aromatic heterocycles. The summed E-state index contributed by atoms with van der Waals surface area (Å²) in [5.74, 6) is -0.874. The van der Waals surface area contributed by atoms with E-state index < -0.39 is 48.1 Å². The summed E-state index contributed by atoms with van der Waals surface area (Å²) in [7, 11) is 0. The third kappa shape index (κ3) is 7.98. The highest BCUT2D eigenvalue weighted by molar-refractivity contribution is 6.11. The molecule has 5 heterocycles. The van der Waals surface area contributed by atoms with Crippen molar-refractivity contribution in [2.75, 3.05) is 25.1 Å².